The van der Waals surface area contributed by atoms with Crippen molar-refractivity contribution in [1.82, 2.24) is 0 Å². The predicted octanol–water partition coefficient (Wildman–Crippen LogP) is 7.63. The Kier molecular flexibility index (Phi) is 14.1. The third-order valence-corrected chi connectivity index (χ3v) is 5.16. The molecule has 4 heteroatoms. The molecule has 4 nitrogen and oxygen atoms in total. The van der Waals surface area contributed by atoms with Gasteiger partial charge in [-0.05, 0) is 43.0 Å². The Balaban J connectivity index is 2.30. The van der Waals surface area contributed by atoms with Crippen molar-refractivity contribution in [2.75, 3.05) is 6.61 Å². The SMILES string of the molecule is CCCCCCCCCC(CCCCCC)COC(=O)Oc1ccc(O)cc1. The van der Waals surface area contributed by atoms with Crippen molar-refractivity contribution in [3.8, 4) is 11.5 Å². The number of aromatic hydroxyl groups is 1. The molecule has 160 valence electrons. The molecule has 0 heterocycles. The van der Waals surface area contributed by atoms with Crippen molar-refractivity contribution in [2.24, 2.45) is 5.92 Å². The van der Waals surface area contributed by atoms with Crippen molar-refractivity contribution in [2.45, 2.75) is 97.3 Å². The lowest BCUT2D eigenvalue weighted by atomic mass is 9.95. The molecule has 1 aromatic rings. The minimum atomic E-state index is -0.663. The van der Waals surface area contributed by atoms with E-state index in [0.717, 1.165) is 12.8 Å². The zero-order chi connectivity index (χ0) is 20.5. The number of carbonyl (C=O) groups is 1. The molecule has 1 aromatic carbocycles. The average molecular weight is 393 g/mol. The number of carbonyl (C=O) groups excluding carboxylic acids is 1. The van der Waals surface area contributed by atoms with Crippen LogP contribution in [0.5, 0.6) is 11.5 Å². The molecule has 0 saturated carbocycles. The molecule has 1 N–H and O–H groups in total. The number of hydrogen-bond donors (Lipinski definition) is 1. The highest BCUT2D eigenvalue weighted by atomic mass is 16.7. The van der Waals surface area contributed by atoms with Crippen LogP contribution in [-0.4, -0.2) is 17.9 Å². The summed E-state index contributed by atoms with van der Waals surface area (Å²) in [4.78, 5) is 11.9. The standard InChI is InChI=1S/C24H40O4/c1-3-5-7-9-10-11-13-15-21(14-12-8-6-4-2)20-27-24(26)28-23-18-16-22(25)17-19-23/h16-19,21,25H,3-15,20H2,1-2H3. The van der Waals surface area contributed by atoms with E-state index in [2.05, 4.69) is 13.8 Å². The molecular formula is C24H40O4. The first kappa shape index (κ1) is 24.3. The van der Waals surface area contributed by atoms with Crippen LogP contribution in [-0.2, 0) is 4.74 Å². The summed E-state index contributed by atoms with van der Waals surface area (Å²) in [6, 6.07) is 6.08. The highest BCUT2D eigenvalue weighted by Gasteiger charge is 2.13. The van der Waals surface area contributed by atoms with Gasteiger partial charge in [0.25, 0.3) is 0 Å². The minimum absolute atomic E-state index is 0.141. The van der Waals surface area contributed by atoms with Crippen LogP contribution in [0, 0.1) is 5.92 Å². The summed E-state index contributed by atoms with van der Waals surface area (Å²) in [5.41, 5.74) is 0. The molecule has 0 amide bonds. The van der Waals surface area contributed by atoms with Gasteiger partial charge in [0.05, 0.1) is 6.61 Å². The highest BCUT2D eigenvalue weighted by Crippen LogP contribution is 2.21. The number of unbranched alkanes of at least 4 members (excludes halogenated alkanes) is 9. The number of phenolic OH excluding ortho intramolecular Hbond substituents is 1. The maximum absolute atomic E-state index is 11.9. The van der Waals surface area contributed by atoms with E-state index in [9.17, 15) is 9.90 Å². The van der Waals surface area contributed by atoms with Crippen molar-refractivity contribution >= 4 is 6.16 Å². The Morgan fingerprint density at radius 1 is 0.821 bits per heavy atom. The molecule has 1 rings (SSSR count). The molecule has 0 radical (unpaired) electrons. The average Bonchev–Trinajstić information content (AvgIpc) is 2.69. The Labute approximate surface area is 171 Å². The van der Waals surface area contributed by atoms with Crippen LogP contribution >= 0.6 is 0 Å². The monoisotopic (exact) mass is 392 g/mol. The van der Waals surface area contributed by atoms with E-state index >= 15 is 0 Å². The molecular weight excluding hydrogens is 352 g/mol. The molecule has 0 bridgehead atoms. The maximum atomic E-state index is 11.9. The van der Waals surface area contributed by atoms with Gasteiger partial charge in [0.1, 0.15) is 11.5 Å². The normalized spacial score (nSPS) is 11.9. The van der Waals surface area contributed by atoms with E-state index in [0.29, 0.717) is 18.3 Å². The van der Waals surface area contributed by atoms with Crippen molar-refractivity contribution in [3.05, 3.63) is 24.3 Å². The fourth-order valence-corrected chi connectivity index (χ4v) is 3.39. The van der Waals surface area contributed by atoms with Crippen molar-refractivity contribution < 1.29 is 19.4 Å². The van der Waals surface area contributed by atoms with Gasteiger partial charge in [-0.2, -0.15) is 0 Å². The summed E-state index contributed by atoms with van der Waals surface area (Å²) in [6.45, 7) is 4.90. The molecule has 1 atom stereocenters. The van der Waals surface area contributed by atoms with Crippen LogP contribution < -0.4 is 4.74 Å². The van der Waals surface area contributed by atoms with Crippen molar-refractivity contribution in [3.63, 3.8) is 0 Å². The molecule has 0 aliphatic carbocycles. The predicted molar refractivity (Wildman–Crippen MR) is 115 cm³/mol. The van der Waals surface area contributed by atoms with Gasteiger partial charge in [-0.15, -0.1) is 0 Å². The smallest absolute Gasteiger partial charge is 0.508 e. The Morgan fingerprint density at radius 3 is 1.89 bits per heavy atom. The van der Waals surface area contributed by atoms with Crippen LogP contribution in [0.15, 0.2) is 24.3 Å². The molecule has 28 heavy (non-hydrogen) atoms. The zero-order valence-electron chi connectivity index (χ0n) is 18.0. The lowest BCUT2D eigenvalue weighted by molar-refractivity contribution is 0.0796. The lowest BCUT2D eigenvalue weighted by Gasteiger charge is -2.17. The number of benzene rings is 1. The van der Waals surface area contributed by atoms with Gasteiger partial charge >= 0.3 is 6.16 Å². The molecule has 0 saturated heterocycles. The van der Waals surface area contributed by atoms with E-state index < -0.39 is 6.16 Å². The first-order chi connectivity index (χ1) is 13.7. The van der Waals surface area contributed by atoms with Gasteiger partial charge in [-0.1, -0.05) is 84.5 Å². The van der Waals surface area contributed by atoms with Gasteiger partial charge in [-0.25, -0.2) is 4.79 Å². The Morgan fingerprint density at radius 2 is 1.32 bits per heavy atom. The first-order valence-electron chi connectivity index (χ1n) is 11.3. The van der Waals surface area contributed by atoms with Crippen LogP contribution in [0.4, 0.5) is 4.79 Å². The summed E-state index contributed by atoms with van der Waals surface area (Å²) >= 11 is 0. The third-order valence-electron chi connectivity index (χ3n) is 5.16. The van der Waals surface area contributed by atoms with Crippen LogP contribution in [0.3, 0.4) is 0 Å². The maximum Gasteiger partial charge on any atom is 0.513 e. The topological polar surface area (TPSA) is 55.8 Å². The van der Waals surface area contributed by atoms with Gasteiger partial charge in [-0.3, -0.25) is 0 Å². The zero-order valence-corrected chi connectivity index (χ0v) is 18.0. The summed E-state index contributed by atoms with van der Waals surface area (Å²) in [5, 5.41) is 9.28. The number of hydrogen-bond acceptors (Lipinski definition) is 4. The summed E-state index contributed by atoms with van der Waals surface area (Å²) < 4.78 is 10.6. The fourth-order valence-electron chi connectivity index (χ4n) is 3.39. The van der Waals surface area contributed by atoms with Crippen LogP contribution in [0.1, 0.15) is 97.3 Å². The second-order valence-corrected chi connectivity index (χ2v) is 7.78. The van der Waals surface area contributed by atoms with Gasteiger partial charge in [0.15, 0.2) is 0 Å². The quantitative estimate of drug-likeness (QED) is 0.178. The van der Waals surface area contributed by atoms with Crippen molar-refractivity contribution in [1.29, 1.82) is 0 Å². The second kappa shape index (κ2) is 16.3. The van der Waals surface area contributed by atoms with E-state index in [1.165, 1.54) is 82.8 Å². The molecule has 0 aromatic heterocycles. The molecule has 0 fully saturated rings. The number of rotatable bonds is 16. The van der Waals surface area contributed by atoms with E-state index in [-0.39, 0.29) is 5.75 Å². The molecule has 0 aliphatic heterocycles. The lowest BCUT2D eigenvalue weighted by Crippen LogP contribution is -2.17. The third kappa shape index (κ3) is 12.6. The highest BCUT2D eigenvalue weighted by molar-refractivity contribution is 5.63. The van der Waals surface area contributed by atoms with Gasteiger partial charge < -0.3 is 14.6 Å². The van der Waals surface area contributed by atoms with Crippen LogP contribution in [0.2, 0.25) is 0 Å². The molecule has 0 aliphatic rings. The molecule has 1 unspecified atom stereocenters. The Hall–Kier alpha value is -1.71. The van der Waals surface area contributed by atoms with Gasteiger partial charge in [0.2, 0.25) is 0 Å². The van der Waals surface area contributed by atoms with E-state index in [4.69, 9.17) is 9.47 Å². The summed E-state index contributed by atoms with van der Waals surface area (Å²) in [7, 11) is 0. The van der Waals surface area contributed by atoms with E-state index in [1.54, 1.807) is 12.1 Å². The number of ether oxygens (including phenoxy) is 2. The van der Waals surface area contributed by atoms with E-state index in [1.807, 2.05) is 0 Å². The first-order valence-corrected chi connectivity index (χ1v) is 11.3. The fraction of sp³-hybridized carbons (Fsp3) is 0.708. The van der Waals surface area contributed by atoms with Gasteiger partial charge in [0, 0.05) is 0 Å². The summed E-state index contributed by atoms with van der Waals surface area (Å²) in [5.74, 6) is 0.941. The largest absolute Gasteiger partial charge is 0.513 e. The summed E-state index contributed by atoms with van der Waals surface area (Å²) in [6.07, 6.45) is 15.6. The minimum Gasteiger partial charge on any atom is -0.508 e. The van der Waals surface area contributed by atoms with Crippen LogP contribution in [0.25, 0.3) is 0 Å². The number of phenols is 1. The second-order valence-electron chi connectivity index (χ2n) is 7.78. The Bertz CT molecular complexity index is 498. The molecule has 0 spiro atoms.